The summed E-state index contributed by atoms with van der Waals surface area (Å²) in [5.41, 5.74) is 6.87. The molecule has 5 aliphatic rings. The number of piperidine rings is 1. The molecule has 2 saturated carbocycles. The smallest absolute Gasteiger partial charge is 0.151 e. The molecule has 1 aromatic rings. The number of fused-ring (bicyclic) bond motifs is 4. The van der Waals surface area contributed by atoms with Gasteiger partial charge in [0.15, 0.2) is 5.78 Å². The first-order valence-corrected chi connectivity index (χ1v) is 16.0. The molecule has 1 aromatic carbocycles. The van der Waals surface area contributed by atoms with E-state index in [1.165, 1.54) is 41.7 Å². The van der Waals surface area contributed by atoms with E-state index < -0.39 is 5.41 Å². The number of anilines is 1. The van der Waals surface area contributed by atoms with E-state index in [1.807, 2.05) is 6.92 Å². The van der Waals surface area contributed by atoms with Crippen LogP contribution in [0.15, 0.2) is 52.2 Å². The van der Waals surface area contributed by atoms with Crippen LogP contribution in [-0.2, 0) is 4.79 Å². The quantitative estimate of drug-likeness (QED) is 0.238. The molecular weight excluding hydrogens is 508 g/mol. The van der Waals surface area contributed by atoms with Crippen LogP contribution in [0, 0.1) is 40.4 Å². The summed E-state index contributed by atoms with van der Waals surface area (Å²) in [5.74, 6) is 7.99. The third kappa shape index (κ3) is 4.49. The highest BCUT2D eigenvalue weighted by Gasteiger charge is 2.65. The molecule has 5 heteroatoms. The maximum absolute atomic E-state index is 13.8. The van der Waals surface area contributed by atoms with Gasteiger partial charge in [-0.15, -0.1) is 0 Å². The van der Waals surface area contributed by atoms with Gasteiger partial charge in [-0.3, -0.25) is 4.79 Å². The Morgan fingerprint density at radius 3 is 2.59 bits per heavy atom. The summed E-state index contributed by atoms with van der Waals surface area (Å²) >= 11 is 0. The second-order valence-corrected chi connectivity index (χ2v) is 13.5. The summed E-state index contributed by atoms with van der Waals surface area (Å²) in [4.78, 5) is 16.4. The first-order chi connectivity index (χ1) is 19.9. The number of aliphatic hydroxyl groups is 1. The van der Waals surface area contributed by atoms with E-state index in [4.69, 9.17) is 0 Å². The molecule has 0 spiro atoms. The van der Waals surface area contributed by atoms with Crippen LogP contribution in [0.25, 0.3) is 0 Å². The van der Waals surface area contributed by atoms with Crippen LogP contribution in [0.3, 0.4) is 0 Å². The molecular formula is C36H46N2O3. The monoisotopic (exact) mass is 554 g/mol. The molecule has 0 aromatic heterocycles. The minimum atomic E-state index is -0.708. The highest BCUT2D eigenvalue weighted by atomic mass is 16.4. The molecule has 0 radical (unpaired) electrons. The molecule has 4 aliphatic carbocycles. The Labute approximate surface area is 245 Å². The van der Waals surface area contributed by atoms with Gasteiger partial charge in [0.2, 0.25) is 0 Å². The number of ketones is 1. The van der Waals surface area contributed by atoms with E-state index >= 15 is 0 Å². The van der Waals surface area contributed by atoms with Crippen molar-refractivity contribution in [3.63, 3.8) is 0 Å². The number of oxime groups is 1. The third-order valence-electron chi connectivity index (χ3n) is 11.6. The molecule has 1 heterocycles. The number of Topliss-reactive ketones (excluding diaryl/α,β-unsaturated/α-hetero) is 1. The summed E-state index contributed by atoms with van der Waals surface area (Å²) in [6, 6.07) is 9.34. The highest BCUT2D eigenvalue weighted by molar-refractivity contribution is 5.97. The van der Waals surface area contributed by atoms with Gasteiger partial charge in [0.1, 0.15) is 6.61 Å². The number of rotatable bonds is 4. The fraction of sp³-hybridized carbons (Fsp3) is 0.611. The van der Waals surface area contributed by atoms with Crippen molar-refractivity contribution in [1.82, 2.24) is 0 Å². The van der Waals surface area contributed by atoms with E-state index in [2.05, 4.69) is 66.1 Å². The van der Waals surface area contributed by atoms with E-state index in [9.17, 15) is 15.1 Å². The molecule has 0 bridgehead atoms. The third-order valence-corrected chi connectivity index (χ3v) is 11.6. The average molecular weight is 555 g/mol. The lowest BCUT2D eigenvalue weighted by atomic mass is 9.47. The van der Waals surface area contributed by atoms with E-state index in [0.717, 1.165) is 57.3 Å². The Morgan fingerprint density at radius 1 is 1.15 bits per heavy atom. The van der Waals surface area contributed by atoms with Gasteiger partial charge in [-0.2, -0.15) is 0 Å². The van der Waals surface area contributed by atoms with Crippen molar-refractivity contribution in [2.24, 2.45) is 33.7 Å². The lowest BCUT2D eigenvalue weighted by molar-refractivity contribution is -0.132. The lowest BCUT2D eigenvalue weighted by Crippen LogP contribution is -2.51. The van der Waals surface area contributed by atoms with Crippen molar-refractivity contribution in [3.8, 4) is 11.8 Å². The first-order valence-electron chi connectivity index (χ1n) is 16.0. The fourth-order valence-electron chi connectivity index (χ4n) is 9.66. The highest BCUT2D eigenvalue weighted by Crippen LogP contribution is 2.70. The van der Waals surface area contributed by atoms with Crippen LogP contribution in [0.1, 0.15) is 96.5 Å². The van der Waals surface area contributed by atoms with Gasteiger partial charge in [-0.05, 0) is 116 Å². The zero-order chi connectivity index (χ0) is 28.8. The molecule has 5 nitrogen and oxygen atoms in total. The molecule has 41 heavy (non-hydrogen) atoms. The number of allylic oxidation sites excluding steroid dienone is 4. The molecule has 1 saturated heterocycles. The number of hydrogen-bond acceptors (Lipinski definition) is 5. The van der Waals surface area contributed by atoms with Crippen LogP contribution in [0.2, 0.25) is 0 Å². The van der Waals surface area contributed by atoms with Gasteiger partial charge in [-0.1, -0.05) is 55.5 Å². The lowest BCUT2D eigenvalue weighted by Gasteiger charge is -2.55. The molecule has 218 valence electrons. The Hall–Kier alpha value is -2.84. The van der Waals surface area contributed by atoms with Crippen molar-refractivity contribution in [3.05, 3.63) is 52.6 Å². The van der Waals surface area contributed by atoms with Gasteiger partial charge < -0.3 is 15.2 Å². The number of carbonyl (C=O) groups excluding carboxylic acids is 1. The van der Waals surface area contributed by atoms with Crippen LogP contribution >= 0.6 is 0 Å². The van der Waals surface area contributed by atoms with Crippen LogP contribution in [0.4, 0.5) is 5.69 Å². The first kappa shape index (κ1) is 28.3. The molecule has 6 atom stereocenters. The zero-order valence-electron chi connectivity index (χ0n) is 25.1. The van der Waals surface area contributed by atoms with Crippen molar-refractivity contribution in [2.45, 2.75) is 90.9 Å². The molecule has 6 rings (SSSR count). The number of aliphatic hydroxyl groups excluding tert-OH is 1. The summed E-state index contributed by atoms with van der Waals surface area (Å²) < 4.78 is 0. The standard InChI is InChI=1S/C36H46N2O3/c1-4-33(40)36(16-8-20-39)17-15-32-30-21-24(2)29-22-26(37-41)11-14-28(29)34(30)31(23-35(32,36)3)25-9-12-27(13-10-25)38-18-6-5-7-19-38/h9-10,12-13,22,24,30-32,39,41H,4-7,11,14-15,17-21,23H2,1-3H3/t24?,30-,31+,32-,35-,36+/m0/s1. The van der Waals surface area contributed by atoms with Crippen LogP contribution < -0.4 is 4.90 Å². The number of carbonyl (C=O) groups is 1. The van der Waals surface area contributed by atoms with Crippen molar-refractivity contribution < 1.29 is 15.1 Å². The van der Waals surface area contributed by atoms with Crippen LogP contribution in [-0.4, -0.2) is 41.5 Å². The topological polar surface area (TPSA) is 73.1 Å². The SMILES string of the molecule is CCC(=O)[C@@]1(C#CCO)CC[C@H]2[C@@H]3CC(C)C4=CC(=NO)CCC4=C3[C@@H](c3ccc(N4CCCCC4)cc3)C[C@@]21C. The largest absolute Gasteiger partial charge is 0.411 e. The fourth-order valence-corrected chi connectivity index (χ4v) is 9.66. The van der Waals surface area contributed by atoms with Crippen LogP contribution in [0.5, 0.6) is 0 Å². The Balaban J connectivity index is 1.50. The normalized spacial score (nSPS) is 35.7. The molecule has 1 unspecified atom stereocenters. The zero-order valence-corrected chi connectivity index (χ0v) is 25.1. The van der Waals surface area contributed by atoms with E-state index in [1.54, 1.807) is 5.57 Å². The van der Waals surface area contributed by atoms with Gasteiger partial charge in [0.05, 0.1) is 11.1 Å². The van der Waals surface area contributed by atoms with Crippen molar-refractivity contribution in [1.29, 1.82) is 0 Å². The predicted molar refractivity (Wildman–Crippen MR) is 164 cm³/mol. The van der Waals surface area contributed by atoms with E-state index in [-0.39, 0.29) is 23.7 Å². The van der Waals surface area contributed by atoms with E-state index in [0.29, 0.717) is 24.2 Å². The van der Waals surface area contributed by atoms with Crippen molar-refractivity contribution in [2.75, 3.05) is 24.6 Å². The maximum Gasteiger partial charge on any atom is 0.151 e. The van der Waals surface area contributed by atoms with Gasteiger partial charge in [0, 0.05) is 31.1 Å². The minimum Gasteiger partial charge on any atom is -0.411 e. The van der Waals surface area contributed by atoms with Crippen molar-refractivity contribution >= 4 is 17.2 Å². The second kappa shape index (κ2) is 11.1. The molecule has 3 fully saturated rings. The number of nitrogens with zero attached hydrogens (tertiary/aromatic N) is 2. The Morgan fingerprint density at radius 2 is 1.90 bits per heavy atom. The summed E-state index contributed by atoms with van der Waals surface area (Å²) in [7, 11) is 0. The summed E-state index contributed by atoms with van der Waals surface area (Å²) in [5, 5.41) is 22.9. The summed E-state index contributed by atoms with van der Waals surface area (Å²) in [6.07, 6.45) is 11.9. The minimum absolute atomic E-state index is 0.209. The van der Waals surface area contributed by atoms with Gasteiger partial charge in [-0.25, -0.2) is 0 Å². The number of benzene rings is 1. The molecule has 1 aliphatic heterocycles. The van der Waals surface area contributed by atoms with Gasteiger partial charge in [0.25, 0.3) is 0 Å². The number of hydrogen-bond donors (Lipinski definition) is 2. The van der Waals surface area contributed by atoms with Gasteiger partial charge >= 0.3 is 0 Å². The maximum atomic E-state index is 13.8. The molecule has 0 amide bonds. The average Bonchev–Trinajstić information content (AvgIpc) is 3.32. The molecule has 2 N–H and O–H groups in total. The predicted octanol–water partition coefficient (Wildman–Crippen LogP) is 7.04. The Bertz CT molecular complexity index is 1340. The summed E-state index contributed by atoms with van der Waals surface area (Å²) in [6.45, 7) is 8.70. The Kier molecular flexibility index (Phi) is 7.66. The second-order valence-electron chi connectivity index (χ2n) is 13.5.